The quantitative estimate of drug-likeness (QED) is 0.428. The van der Waals surface area contributed by atoms with Crippen LogP contribution in [0.1, 0.15) is 32.6 Å². The standard InChI is InChI=1S/C9H16F2N2O2/c1-6-3-2-4-7(5-6)15-9(10,11)8(14)13-12/h6-7H,2-5,12H2,1H3,(H,13,14). The first-order chi connectivity index (χ1) is 6.95. The summed E-state index contributed by atoms with van der Waals surface area (Å²) in [6, 6.07) is 0. The molecule has 1 fully saturated rings. The summed E-state index contributed by atoms with van der Waals surface area (Å²) in [6.45, 7) is 1.98. The van der Waals surface area contributed by atoms with Gasteiger partial charge >= 0.3 is 12.0 Å². The molecule has 2 unspecified atom stereocenters. The number of rotatable bonds is 3. The molecule has 0 heterocycles. The van der Waals surface area contributed by atoms with Gasteiger partial charge in [0.1, 0.15) is 0 Å². The van der Waals surface area contributed by atoms with Crippen molar-refractivity contribution in [1.29, 1.82) is 0 Å². The molecule has 0 bridgehead atoms. The van der Waals surface area contributed by atoms with Gasteiger partial charge in [0.05, 0.1) is 6.10 Å². The molecule has 2 atom stereocenters. The molecule has 1 rings (SSSR count). The third kappa shape index (κ3) is 3.39. The lowest BCUT2D eigenvalue weighted by atomic mass is 9.89. The van der Waals surface area contributed by atoms with Crippen LogP contribution < -0.4 is 11.3 Å². The normalized spacial score (nSPS) is 27.5. The minimum atomic E-state index is -3.82. The number of carbonyl (C=O) groups is 1. The number of nitrogens with two attached hydrogens (primary N) is 1. The van der Waals surface area contributed by atoms with Gasteiger partial charge in [0, 0.05) is 0 Å². The molecular weight excluding hydrogens is 206 g/mol. The van der Waals surface area contributed by atoms with E-state index in [4.69, 9.17) is 0 Å². The Balaban J connectivity index is 2.49. The Morgan fingerprint density at radius 2 is 2.20 bits per heavy atom. The monoisotopic (exact) mass is 222 g/mol. The van der Waals surface area contributed by atoms with E-state index >= 15 is 0 Å². The molecule has 3 N–H and O–H groups in total. The number of alkyl halides is 2. The smallest absolute Gasteiger partial charge is 0.309 e. The molecule has 1 aliphatic carbocycles. The van der Waals surface area contributed by atoms with Gasteiger partial charge in [0.2, 0.25) is 0 Å². The van der Waals surface area contributed by atoms with Crippen LogP contribution in [-0.2, 0) is 9.53 Å². The molecule has 0 aliphatic heterocycles. The van der Waals surface area contributed by atoms with Gasteiger partial charge in [-0.05, 0) is 18.8 Å². The highest BCUT2D eigenvalue weighted by molar-refractivity contribution is 5.81. The number of hydrogen-bond acceptors (Lipinski definition) is 3. The number of hydrogen-bond donors (Lipinski definition) is 2. The summed E-state index contributed by atoms with van der Waals surface area (Å²) >= 11 is 0. The number of hydrazine groups is 1. The maximum Gasteiger partial charge on any atom is 0.438 e. The number of amides is 1. The van der Waals surface area contributed by atoms with Crippen LogP contribution in [0.15, 0.2) is 0 Å². The molecule has 6 heteroatoms. The number of halogens is 2. The van der Waals surface area contributed by atoms with Crippen LogP contribution in [0.5, 0.6) is 0 Å². The molecule has 0 radical (unpaired) electrons. The second-order valence-electron chi connectivity index (χ2n) is 4.00. The van der Waals surface area contributed by atoms with E-state index < -0.39 is 18.1 Å². The lowest BCUT2D eigenvalue weighted by molar-refractivity contribution is -0.255. The van der Waals surface area contributed by atoms with Crippen molar-refractivity contribution in [2.75, 3.05) is 0 Å². The second-order valence-corrected chi connectivity index (χ2v) is 4.00. The van der Waals surface area contributed by atoms with E-state index in [2.05, 4.69) is 10.6 Å². The molecule has 4 nitrogen and oxygen atoms in total. The fourth-order valence-electron chi connectivity index (χ4n) is 1.83. The molecular formula is C9H16F2N2O2. The highest BCUT2D eigenvalue weighted by Gasteiger charge is 2.43. The average Bonchev–Trinajstić information content (AvgIpc) is 2.15. The van der Waals surface area contributed by atoms with Crippen molar-refractivity contribution < 1.29 is 18.3 Å². The Hall–Kier alpha value is -0.750. The Morgan fingerprint density at radius 1 is 1.53 bits per heavy atom. The summed E-state index contributed by atoms with van der Waals surface area (Å²) < 4.78 is 30.5. The van der Waals surface area contributed by atoms with Crippen LogP contribution in [0, 0.1) is 5.92 Å². The van der Waals surface area contributed by atoms with Crippen molar-refractivity contribution in [3.05, 3.63) is 0 Å². The first-order valence-corrected chi connectivity index (χ1v) is 5.02. The second kappa shape index (κ2) is 4.85. The molecule has 15 heavy (non-hydrogen) atoms. The van der Waals surface area contributed by atoms with Crippen molar-refractivity contribution in [2.45, 2.75) is 44.8 Å². The molecule has 1 saturated carbocycles. The van der Waals surface area contributed by atoms with E-state index in [9.17, 15) is 13.6 Å². The van der Waals surface area contributed by atoms with E-state index in [-0.39, 0.29) is 0 Å². The maximum atomic E-state index is 13.0. The Kier molecular flexibility index (Phi) is 3.98. The Morgan fingerprint density at radius 3 is 2.73 bits per heavy atom. The predicted molar refractivity (Wildman–Crippen MR) is 49.8 cm³/mol. The van der Waals surface area contributed by atoms with E-state index in [0.29, 0.717) is 18.8 Å². The molecule has 0 aromatic rings. The van der Waals surface area contributed by atoms with E-state index in [1.165, 1.54) is 5.43 Å². The number of nitrogens with one attached hydrogen (secondary N) is 1. The van der Waals surface area contributed by atoms with Gasteiger partial charge in [-0.1, -0.05) is 19.8 Å². The highest BCUT2D eigenvalue weighted by atomic mass is 19.3. The van der Waals surface area contributed by atoms with Gasteiger partial charge in [0.15, 0.2) is 0 Å². The fraction of sp³-hybridized carbons (Fsp3) is 0.889. The van der Waals surface area contributed by atoms with E-state index in [1.807, 2.05) is 6.92 Å². The zero-order chi connectivity index (χ0) is 11.5. The van der Waals surface area contributed by atoms with Crippen LogP contribution in [0.4, 0.5) is 8.78 Å². The van der Waals surface area contributed by atoms with Crippen molar-refractivity contribution in [3.63, 3.8) is 0 Å². The highest BCUT2D eigenvalue weighted by Crippen LogP contribution is 2.30. The average molecular weight is 222 g/mol. The SMILES string of the molecule is CC1CCCC(OC(F)(F)C(=O)NN)C1. The van der Waals surface area contributed by atoms with Gasteiger partial charge in [-0.2, -0.15) is 8.78 Å². The van der Waals surface area contributed by atoms with Crippen LogP contribution in [-0.4, -0.2) is 18.1 Å². The Bertz CT molecular complexity index is 236. The summed E-state index contributed by atoms with van der Waals surface area (Å²) in [5, 5.41) is 0. The summed E-state index contributed by atoms with van der Waals surface area (Å²) in [4.78, 5) is 10.7. The largest absolute Gasteiger partial charge is 0.438 e. The van der Waals surface area contributed by atoms with Crippen LogP contribution >= 0.6 is 0 Å². The number of ether oxygens (including phenoxy) is 1. The van der Waals surface area contributed by atoms with E-state index in [1.54, 1.807) is 0 Å². The molecule has 88 valence electrons. The Labute approximate surface area is 87.1 Å². The third-order valence-corrected chi connectivity index (χ3v) is 2.60. The zero-order valence-corrected chi connectivity index (χ0v) is 8.63. The van der Waals surface area contributed by atoms with Crippen molar-refractivity contribution >= 4 is 5.91 Å². The lowest BCUT2D eigenvalue weighted by Gasteiger charge is -2.29. The summed E-state index contributed by atoms with van der Waals surface area (Å²) in [5.41, 5.74) is 1.39. The fourth-order valence-corrected chi connectivity index (χ4v) is 1.83. The molecule has 0 aromatic heterocycles. The summed E-state index contributed by atoms with van der Waals surface area (Å²) in [6.07, 6.45) is -1.37. The van der Waals surface area contributed by atoms with Crippen molar-refractivity contribution in [1.82, 2.24) is 5.43 Å². The zero-order valence-electron chi connectivity index (χ0n) is 8.63. The molecule has 1 amide bonds. The number of carbonyl (C=O) groups excluding carboxylic acids is 1. The molecule has 0 spiro atoms. The molecule has 0 saturated heterocycles. The van der Waals surface area contributed by atoms with Gasteiger partial charge < -0.3 is 4.74 Å². The summed E-state index contributed by atoms with van der Waals surface area (Å²) in [7, 11) is 0. The van der Waals surface area contributed by atoms with Crippen LogP contribution in [0.3, 0.4) is 0 Å². The minimum Gasteiger partial charge on any atom is -0.309 e. The predicted octanol–water partition coefficient (Wildman–Crippen LogP) is 1.16. The van der Waals surface area contributed by atoms with Gasteiger partial charge in [-0.25, -0.2) is 5.84 Å². The van der Waals surface area contributed by atoms with Gasteiger partial charge in [-0.15, -0.1) is 0 Å². The minimum absolute atomic E-state index is 0.362. The van der Waals surface area contributed by atoms with Crippen LogP contribution in [0.25, 0.3) is 0 Å². The van der Waals surface area contributed by atoms with E-state index in [0.717, 1.165) is 12.8 Å². The maximum absolute atomic E-state index is 13.0. The molecule has 1 aliphatic rings. The third-order valence-electron chi connectivity index (χ3n) is 2.60. The first-order valence-electron chi connectivity index (χ1n) is 5.02. The lowest BCUT2D eigenvalue weighted by Crippen LogP contribution is -2.47. The van der Waals surface area contributed by atoms with Gasteiger partial charge in [-0.3, -0.25) is 10.2 Å². The topological polar surface area (TPSA) is 64.3 Å². The molecule has 0 aromatic carbocycles. The summed E-state index contributed by atoms with van der Waals surface area (Å²) in [5.74, 6) is 3.40. The van der Waals surface area contributed by atoms with Crippen molar-refractivity contribution in [2.24, 2.45) is 11.8 Å². The first kappa shape index (κ1) is 12.3. The van der Waals surface area contributed by atoms with Crippen molar-refractivity contribution in [3.8, 4) is 0 Å². The van der Waals surface area contributed by atoms with Crippen LogP contribution in [0.2, 0.25) is 0 Å². The van der Waals surface area contributed by atoms with Gasteiger partial charge in [0.25, 0.3) is 0 Å².